The van der Waals surface area contributed by atoms with E-state index in [2.05, 4.69) is 26.6 Å². The zero-order valence-electron chi connectivity index (χ0n) is 27.2. The van der Waals surface area contributed by atoms with E-state index in [4.69, 9.17) is 9.47 Å². The first kappa shape index (κ1) is 38.3. The molecule has 0 aliphatic carbocycles. The monoisotopic (exact) mass is 625 g/mol. The molecule has 44 heavy (non-hydrogen) atoms. The van der Waals surface area contributed by atoms with Crippen LogP contribution >= 0.6 is 0 Å². The summed E-state index contributed by atoms with van der Waals surface area (Å²) in [5.41, 5.74) is -0.829. The molecule has 0 radical (unpaired) electrons. The lowest BCUT2D eigenvalue weighted by atomic mass is 9.96. The Balaban J connectivity index is 3.08. The molecule has 0 aromatic carbocycles. The lowest BCUT2D eigenvalue weighted by Crippen LogP contribution is -2.59. The highest BCUT2D eigenvalue weighted by atomic mass is 16.6. The van der Waals surface area contributed by atoms with Gasteiger partial charge in [0.2, 0.25) is 23.6 Å². The van der Waals surface area contributed by atoms with E-state index >= 15 is 0 Å². The van der Waals surface area contributed by atoms with Crippen LogP contribution in [0.2, 0.25) is 0 Å². The predicted octanol–water partition coefficient (Wildman–Crippen LogP) is 0.674. The molecule has 1 rings (SSSR count). The summed E-state index contributed by atoms with van der Waals surface area (Å²) in [7, 11) is 0. The van der Waals surface area contributed by atoms with E-state index in [0.29, 0.717) is 13.0 Å². The van der Waals surface area contributed by atoms with Crippen LogP contribution in [0.3, 0.4) is 0 Å². The van der Waals surface area contributed by atoms with Crippen molar-refractivity contribution in [2.24, 2.45) is 17.8 Å². The van der Waals surface area contributed by atoms with Gasteiger partial charge in [-0.05, 0) is 58.8 Å². The molecule has 1 aliphatic rings. The summed E-state index contributed by atoms with van der Waals surface area (Å²) in [6.07, 6.45) is 2.84. The largest absolute Gasteiger partial charge is 0.463 e. The van der Waals surface area contributed by atoms with Crippen molar-refractivity contribution in [1.82, 2.24) is 26.6 Å². The summed E-state index contributed by atoms with van der Waals surface area (Å²) in [6.45, 7) is 13.7. The summed E-state index contributed by atoms with van der Waals surface area (Å²) in [6, 6.07) is -4.20. The first-order valence-electron chi connectivity index (χ1n) is 15.1. The Kier molecular flexibility index (Phi) is 15.9. The van der Waals surface area contributed by atoms with Crippen molar-refractivity contribution < 1.29 is 43.3 Å². The lowest BCUT2D eigenvalue weighted by molar-refractivity contribution is -0.137. The Hall–Kier alpha value is -3.68. The van der Waals surface area contributed by atoms with Crippen molar-refractivity contribution in [2.45, 2.75) is 104 Å². The van der Waals surface area contributed by atoms with Gasteiger partial charge in [-0.2, -0.15) is 0 Å². The Morgan fingerprint density at radius 3 is 2.11 bits per heavy atom. The fourth-order valence-electron chi connectivity index (χ4n) is 4.43. The second-order valence-electron chi connectivity index (χ2n) is 12.5. The molecule has 0 bridgehead atoms. The first-order chi connectivity index (χ1) is 20.5. The highest BCUT2D eigenvalue weighted by molar-refractivity contribution is 5.94. The molecule has 14 heteroatoms. The number of carbonyl (C=O) groups is 6. The van der Waals surface area contributed by atoms with Crippen LogP contribution in [0.1, 0.15) is 74.7 Å². The Bertz CT molecular complexity index is 1040. The molecule has 0 aromatic rings. The van der Waals surface area contributed by atoms with Crippen LogP contribution in [0.15, 0.2) is 12.2 Å². The van der Waals surface area contributed by atoms with Gasteiger partial charge in [0.1, 0.15) is 23.7 Å². The van der Waals surface area contributed by atoms with Gasteiger partial charge in [-0.15, -0.1) is 0 Å². The highest BCUT2D eigenvalue weighted by Gasteiger charge is 2.33. The quantitative estimate of drug-likeness (QED) is 0.105. The molecule has 1 saturated heterocycles. The third-order valence-electron chi connectivity index (χ3n) is 6.56. The second kappa shape index (κ2) is 18.2. The zero-order valence-corrected chi connectivity index (χ0v) is 27.2. The Morgan fingerprint density at radius 1 is 0.977 bits per heavy atom. The molecule has 0 saturated carbocycles. The van der Waals surface area contributed by atoms with Gasteiger partial charge in [0, 0.05) is 24.6 Å². The van der Waals surface area contributed by atoms with Crippen LogP contribution in [0, 0.1) is 17.8 Å². The molecule has 0 aromatic heterocycles. The zero-order chi connectivity index (χ0) is 33.6. The van der Waals surface area contributed by atoms with Crippen LogP contribution in [-0.4, -0.2) is 90.3 Å². The third-order valence-corrected chi connectivity index (χ3v) is 6.56. The molecule has 5 amide bonds. The van der Waals surface area contributed by atoms with Crippen LogP contribution < -0.4 is 26.6 Å². The number of ether oxygens (including phenoxy) is 2. The minimum Gasteiger partial charge on any atom is -0.463 e. The third kappa shape index (κ3) is 14.2. The van der Waals surface area contributed by atoms with E-state index < -0.39 is 72.1 Å². The number of hydrogen-bond acceptors (Lipinski definition) is 9. The van der Waals surface area contributed by atoms with E-state index in [-0.39, 0.29) is 37.2 Å². The standard InChI is InChI=1S/C30H51N5O9/c1-9-43-23(37)11-10-20(15-19-12-13-31-25(19)38)32-26(39)21(14-17(2)3)33-28(41)24(18(4)5)35-27(40)22(16-36)34-29(42)44-30(6,7)8/h10-11,17-22,24,36H,9,12-16H2,1-8H3,(H,31,38)(H,32,39)(H,33,41)(H,34,42)(H,35,40)/b11-10+/t19-,20+,21-,22-,24-/m0/s1. The van der Waals surface area contributed by atoms with Gasteiger partial charge in [-0.1, -0.05) is 33.8 Å². The SMILES string of the molecule is CCOC(=O)/C=C/[C@H](C[C@@H]1CCNC1=O)NC(=O)[C@H](CC(C)C)NC(=O)[C@@H](NC(=O)[C@H](CO)NC(=O)OC(C)(C)C)C(C)C. The van der Waals surface area contributed by atoms with Crippen LogP contribution in [-0.2, 0) is 33.4 Å². The molecule has 1 heterocycles. The maximum atomic E-state index is 13.5. The number of carbonyl (C=O) groups excluding carboxylic acids is 6. The summed E-state index contributed by atoms with van der Waals surface area (Å²) >= 11 is 0. The maximum absolute atomic E-state index is 13.5. The molecule has 1 aliphatic heterocycles. The second-order valence-corrected chi connectivity index (χ2v) is 12.5. The van der Waals surface area contributed by atoms with Gasteiger partial charge >= 0.3 is 12.1 Å². The first-order valence-corrected chi connectivity index (χ1v) is 15.1. The fourth-order valence-corrected chi connectivity index (χ4v) is 4.43. The molecule has 5 atom stereocenters. The average molecular weight is 626 g/mol. The van der Waals surface area contributed by atoms with Gasteiger partial charge in [-0.25, -0.2) is 9.59 Å². The average Bonchev–Trinajstić information content (AvgIpc) is 3.30. The molecule has 250 valence electrons. The van der Waals surface area contributed by atoms with Crippen molar-refractivity contribution in [1.29, 1.82) is 0 Å². The van der Waals surface area contributed by atoms with E-state index in [1.54, 1.807) is 41.5 Å². The van der Waals surface area contributed by atoms with Gasteiger partial charge in [0.25, 0.3) is 0 Å². The highest BCUT2D eigenvalue weighted by Crippen LogP contribution is 2.18. The van der Waals surface area contributed by atoms with Crippen molar-refractivity contribution in [2.75, 3.05) is 19.8 Å². The van der Waals surface area contributed by atoms with E-state index in [1.807, 2.05) is 13.8 Å². The summed E-state index contributed by atoms with van der Waals surface area (Å²) in [4.78, 5) is 76.1. The summed E-state index contributed by atoms with van der Waals surface area (Å²) in [5, 5.41) is 22.9. The molecule has 0 unspecified atom stereocenters. The topological polar surface area (TPSA) is 201 Å². The predicted molar refractivity (Wildman–Crippen MR) is 162 cm³/mol. The van der Waals surface area contributed by atoms with Crippen molar-refractivity contribution in [3.8, 4) is 0 Å². The van der Waals surface area contributed by atoms with Crippen LogP contribution in [0.5, 0.6) is 0 Å². The molecular weight excluding hydrogens is 574 g/mol. The number of aliphatic hydroxyl groups excluding tert-OH is 1. The van der Waals surface area contributed by atoms with Crippen LogP contribution in [0.4, 0.5) is 4.79 Å². The lowest BCUT2D eigenvalue weighted by Gasteiger charge is -2.28. The number of rotatable bonds is 16. The maximum Gasteiger partial charge on any atom is 0.408 e. The van der Waals surface area contributed by atoms with E-state index in [0.717, 1.165) is 0 Å². The molecule has 1 fully saturated rings. The molecule has 6 N–H and O–H groups in total. The van der Waals surface area contributed by atoms with Gasteiger partial charge < -0.3 is 41.2 Å². The Labute approximate surface area is 259 Å². The van der Waals surface area contributed by atoms with Gasteiger partial charge in [0.15, 0.2) is 0 Å². The number of amides is 5. The van der Waals surface area contributed by atoms with Gasteiger partial charge in [0.05, 0.1) is 13.2 Å². The van der Waals surface area contributed by atoms with E-state index in [9.17, 15) is 33.9 Å². The van der Waals surface area contributed by atoms with E-state index in [1.165, 1.54) is 12.2 Å². The molecule has 14 nitrogen and oxygen atoms in total. The Morgan fingerprint density at radius 2 is 1.61 bits per heavy atom. The molecule has 0 spiro atoms. The number of esters is 1. The number of hydrogen-bond donors (Lipinski definition) is 6. The van der Waals surface area contributed by atoms with Crippen molar-refractivity contribution >= 4 is 35.7 Å². The smallest absolute Gasteiger partial charge is 0.408 e. The van der Waals surface area contributed by atoms with Gasteiger partial charge in [-0.3, -0.25) is 19.2 Å². The number of alkyl carbamates (subject to hydrolysis) is 1. The number of nitrogens with one attached hydrogen (secondary N) is 5. The minimum atomic E-state index is -1.38. The fraction of sp³-hybridized carbons (Fsp3) is 0.733. The van der Waals surface area contributed by atoms with Crippen molar-refractivity contribution in [3.63, 3.8) is 0 Å². The summed E-state index contributed by atoms with van der Waals surface area (Å²) in [5.74, 6) is -3.51. The summed E-state index contributed by atoms with van der Waals surface area (Å²) < 4.78 is 10.1. The normalized spacial score (nSPS) is 17.8. The van der Waals surface area contributed by atoms with Crippen LogP contribution in [0.25, 0.3) is 0 Å². The minimum absolute atomic E-state index is 0.0101. The molecular formula is C30H51N5O9. The van der Waals surface area contributed by atoms with Crippen molar-refractivity contribution in [3.05, 3.63) is 12.2 Å². The number of aliphatic hydroxyl groups is 1.